The Morgan fingerprint density at radius 3 is 2.62 bits per heavy atom. The summed E-state index contributed by atoms with van der Waals surface area (Å²) in [6.07, 6.45) is -5.09. The van der Waals surface area contributed by atoms with Crippen molar-refractivity contribution < 1.29 is 36.2 Å². The summed E-state index contributed by atoms with van der Waals surface area (Å²) in [4.78, 5) is 3.49. The second-order valence-electron chi connectivity index (χ2n) is 9.39. The van der Waals surface area contributed by atoms with Crippen molar-refractivity contribution in [2.45, 2.75) is 54.5 Å². The summed E-state index contributed by atoms with van der Waals surface area (Å²) in [5, 5.41) is 10.4. The Morgan fingerprint density at radius 1 is 1.18 bits per heavy atom. The minimum absolute atomic E-state index is 0.0347. The second kappa shape index (κ2) is 10.3. The molecule has 0 spiro atoms. The summed E-state index contributed by atoms with van der Waals surface area (Å²) >= 11 is 0. The first-order valence-electron chi connectivity index (χ1n) is 11.6. The van der Waals surface area contributed by atoms with Crippen LogP contribution in [-0.4, -0.2) is 101 Å². The molecule has 0 radical (unpaired) electrons. The predicted octanol–water partition coefficient (Wildman–Crippen LogP) is 1.55. The van der Waals surface area contributed by atoms with Crippen LogP contribution in [0.2, 0.25) is 0 Å². The van der Waals surface area contributed by atoms with E-state index in [1.165, 1.54) is 6.07 Å². The molecule has 3 atom stereocenters. The van der Waals surface area contributed by atoms with Gasteiger partial charge >= 0.3 is 6.18 Å². The van der Waals surface area contributed by atoms with Crippen LogP contribution < -0.4 is 9.46 Å². The van der Waals surface area contributed by atoms with Crippen LogP contribution in [0.15, 0.2) is 23.1 Å². The van der Waals surface area contributed by atoms with E-state index in [0.717, 1.165) is 18.4 Å². The van der Waals surface area contributed by atoms with Crippen molar-refractivity contribution in [2.75, 3.05) is 53.0 Å². The van der Waals surface area contributed by atoms with Gasteiger partial charge < -0.3 is 14.6 Å². The molecule has 0 aliphatic carbocycles. The number of aliphatic hydroxyl groups is 1. The molecule has 1 aromatic carbocycles. The Balaban J connectivity index is 1.66. The van der Waals surface area contributed by atoms with Crippen molar-refractivity contribution in [3.63, 3.8) is 0 Å². The molecule has 0 saturated carbocycles. The molecule has 12 heteroatoms. The van der Waals surface area contributed by atoms with E-state index in [4.69, 9.17) is 9.47 Å². The third-order valence-electron chi connectivity index (χ3n) is 6.83. The first kappa shape index (κ1) is 25.6. The number of aliphatic hydroxyl groups excluding tert-OH is 1. The van der Waals surface area contributed by atoms with E-state index in [2.05, 4.69) is 4.72 Å². The molecule has 2 N–H and O–H groups in total. The number of hydrogen-bond acceptors (Lipinski definition) is 7. The normalized spacial score (nSPS) is 29.6. The standard InChI is InChI=1S/C22H32F3N3O5S/c1-27-12-17(29)11-26-34(30,31)21-3-2-16(15-4-8-32-9-5-15)10-19(21)33-20-14-28(13-18(20)27)7-6-22(23,24)25/h2-3,10,15,17-18,20,26,29H,4-9,11-14H2,1H3/t17-,18+,20-/m0/s1. The number of sulfonamides is 1. The fourth-order valence-corrected chi connectivity index (χ4v) is 6.13. The summed E-state index contributed by atoms with van der Waals surface area (Å²) in [5.41, 5.74) is 0.948. The van der Waals surface area contributed by atoms with Crippen LogP contribution in [0.4, 0.5) is 13.2 Å². The molecule has 3 aliphatic rings. The third kappa shape index (κ3) is 6.21. The molecule has 8 nitrogen and oxygen atoms in total. The number of likely N-dealkylation sites (N-methyl/N-ethyl adjacent to an activating group) is 1. The number of nitrogens with one attached hydrogen (secondary N) is 1. The van der Waals surface area contributed by atoms with Crippen molar-refractivity contribution in [3.05, 3.63) is 23.8 Å². The number of rotatable bonds is 3. The van der Waals surface area contributed by atoms with Crippen LogP contribution in [0.25, 0.3) is 0 Å². The lowest BCUT2D eigenvalue weighted by Crippen LogP contribution is -2.47. The SMILES string of the molecule is CN1C[C@@H](O)CNS(=O)(=O)c2ccc(C3CCOCC3)cc2O[C@H]2CN(CCC(F)(F)F)C[C@H]21. The van der Waals surface area contributed by atoms with Gasteiger partial charge in [-0.2, -0.15) is 13.2 Å². The molecule has 0 bridgehead atoms. The maximum atomic E-state index is 13.0. The summed E-state index contributed by atoms with van der Waals surface area (Å²) in [6.45, 7) is 1.64. The summed E-state index contributed by atoms with van der Waals surface area (Å²) in [5.74, 6) is 0.401. The number of nitrogens with zero attached hydrogens (tertiary/aromatic N) is 2. The predicted molar refractivity (Wildman–Crippen MR) is 118 cm³/mol. The first-order chi connectivity index (χ1) is 16.0. The summed E-state index contributed by atoms with van der Waals surface area (Å²) in [6, 6.07) is 4.74. The van der Waals surface area contributed by atoms with Crippen molar-refractivity contribution in [1.29, 1.82) is 0 Å². The Hall–Kier alpha value is -1.44. The second-order valence-corrected chi connectivity index (χ2v) is 11.1. The highest BCUT2D eigenvalue weighted by Gasteiger charge is 2.40. The van der Waals surface area contributed by atoms with E-state index in [0.29, 0.717) is 19.8 Å². The topological polar surface area (TPSA) is 91.3 Å². The van der Waals surface area contributed by atoms with Crippen molar-refractivity contribution in [3.8, 4) is 5.75 Å². The minimum Gasteiger partial charge on any atom is -0.486 e. The van der Waals surface area contributed by atoms with Crippen LogP contribution in [-0.2, 0) is 14.8 Å². The van der Waals surface area contributed by atoms with Crippen LogP contribution in [0.1, 0.15) is 30.7 Å². The van der Waals surface area contributed by atoms with Gasteiger partial charge in [-0.25, -0.2) is 13.1 Å². The Bertz CT molecular complexity index is 956. The Kier molecular flexibility index (Phi) is 7.75. The molecule has 0 aromatic heterocycles. The Morgan fingerprint density at radius 2 is 1.91 bits per heavy atom. The monoisotopic (exact) mass is 507 g/mol. The molecule has 3 aliphatic heterocycles. The summed E-state index contributed by atoms with van der Waals surface area (Å²) < 4.78 is 78.7. The van der Waals surface area contributed by atoms with Crippen LogP contribution >= 0.6 is 0 Å². The van der Waals surface area contributed by atoms with Crippen molar-refractivity contribution >= 4 is 10.0 Å². The molecule has 2 saturated heterocycles. The van der Waals surface area contributed by atoms with Crippen molar-refractivity contribution in [2.24, 2.45) is 0 Å². The fraction of sp³-hybridized carbons (Fsp3) is 0.727. The van der Waals surface area contributed by atoms with E-state index in [1.54, 1.807) is 24.1 Å². The maximum absolute atomic E-state index is 13.0. The number of benzene rings is 1. The van der Waals surface area contributed by atoms with Gasteiger partial charge in [0.1, 0.15) is 16.7 Å². The molecule has 2 fully saturated rings. The van der Waals surface area contributed by atoms with Gasteiger partial charge in [-0.15, -0.1) is 0 Å². The number of halogens is 3. The molecule has 0 unspecified atom stereocenters. The van der Waals surface area contributed by atoms with Gasteiger partial charge in [0.2, 0.25) is 10.0 Å². The van der Waals surface area contributed by atoms with Gasteiger partial charge in [-0.3, -0.25) is 9.80 Å². The molecular weight excluding hydrogens is 475 g/mol. The zero-order valence-electron chi connectivity index (χ0n) is 19.1. The van der Waals surface area contributed by atoms with E-state index in [1.807, 2.05) is 4.90 Å². The van der Waals surface area contributed by atoms with E-state index < -0.39 is 34.8 Å². The zero-order valence-corrected chi connectivity index (χ0v) is 19.9. The number of alkyl halides is 3. The third-order valence-corrected chi connectivity index (χ3v) is 8.29. The lowest BCUT2D eigenvalue weighted by Gasteiger charge is -2.30. The highest BCUT2D eigenvalue weighted by Crippen LogP contribution is 2.35. The molecule has 4 rings (SSSR count). The molecule has 3 heterocycles. The summed E-state index contributed by atoms with van der Waals surface area (Å²) in [7, 11) is -2.20. The molecule has 0 amide bonds. The van der Waals surface area contributed by atoms with Crippen LogP contribution in [0.3, 0.4) is 0 Å². The Labute approximate surface area is 198 Å². The smallest absolute Gasteiger partial charge is 0.390 e. The van der Waals surface area contributed by atoms with Gasteiger partial charge in [0.25, 0.3) is 0 Å². The minimum atomic E-state index is -4.26. The van der Waals surface area contributed by atoms with E-state index in [-0.39, 0.29) is 48.8 Å². The van der Waals surface area contributed by atoms with Crippen LogP contribution in [0.5, 0.6) is 5.75 Å². The van der Waals surface area contributed by atoms with Crippen LogP contribution in [0, 0.1) is 0 Å². The van der Waals surface area contributed by atoms with Gasteiger partial charge in [0.15, 0.2) is 0 Å². The van der Waals surface area contributed by atoms with Gasteiger partial charge in [0.05, 0.1) is 18.6 Å². The first-order valence-corrected chi connectivity index (χ1v) is 13.1. The maximum Gasteiger partial charge on any atom is 0.390 e. The quantitative estimate of drug-likeness (QED) is 0.642. The molecule has 1 aromatic rings. The fourth-order valence-electron chi connectivity index (χ4n) is 4.94. The number of β-amino-alcohol motifs (C(OH)–C–C–N with tert-alkyl or cyclic N) is 1. The molecule has 34 heavy (non-hydrogen) atoms. The molecule has 192 valence electrons. The lowest BCUT2D eigenvalue weighted by molar-refractivity contribution is -0.137. The van der Waals surface area contributed by atoms with Crippen molar-refractivity contribution in [1.82, 2.24) is 14.5 Å². The largest absolute Gasteiger partial charge is 0.486 e. The highest BCUT2D eigenvalue weighted by molar-refractivity contribution is 7.89. The van der Waals surface area contributed by atoms with E-state index in [9.17, 15) is 26.7 Å². The van der Waals surface area contributed by atoms with Gasteiger partial charge in [0, 0.05) is 45.9 Å². The lowest BCUT2D eigenvalue weighted by atomic mass is 9.92. The van der Waals surface area contributed by atoms with Gasteiger partial charge in [-0.05, 0) is 43.5 Å². The number of hydrogen-bond donors (Lipinski definition) is 2. The zero-order chi connectivity index (χ0) is 24.5. The molecular formula is C22H32F3N3O5S. The average molecular weight is 508 g/mol. The van der Waals surface area contributed by atoms with Gasteiger partial charge in [-0.1, -0.05) is 6.07 Å². The highest BCUT2D eigenvalue weighted by atomic mass is 32.2. The number of fused-ring (bicyclic) bond motifs is 2. The number of ether oxygens (including phenoxy) is 2. The average Bonchev–Trinajstić information content (AvgIpc) is 3.18. The van der Waals surface area contributed by atoms with E-state index >= 15 is 0 Å². The number of likely N-dealkylation sites (tertiary alicyclic amines) is 1.